The number of urea groups is 1. The average Bonchev–Trinajstić information content (AvgIpc) is 3.08. The number of hydrogen-bond donors (Lipinski definition) is 2. The van der Waals surface area contributed by atoms with E-state index in [9.17, 15) is 9.59 Å². The Bertz CT molecular complexity index is 868. The molecule has 6 nitrogen and oxygen atoms in total. The maximum atomic E-state index is 12.4. The molecule has 3 amide bonds. The van der Waals surface area contributed by atoms with Crippen molar-refractivity contribution in [3.05, 3.63) is 60.2 Å². The molecule has 0 aromatic heterocycles. The third-order valence-electron chi connectivity index (χ3n) is 5.08. The molecule has 1 aliphatic rings. The van der Waals surface area contributed by atoms with Gasteiger partial charge in [0.15, 0.2) is 0 Å². The Morgan fingerprint density at radius 2 is 1.52 bits per heavy atom. The fourth-order valence-electron chi connectivity index (χ4n) is 3.36. The third kappa shape index (κ3) is 7.48. The molecule has 2 aromatic carbocycles. The van der Waals surface area contributed by atoms with Crippen LogP contribution in [0.1, 0.15) is 44.6 Å². The molecule has 2 N–H and O–H groups in total. The largest absolute Gasteiger partial charge is 0.494 e. The molecule has 1 saturated heterocycles. The van der Waals surface area contributed by atoms with E-state index < -0.39 is 0 Å². The van der Waals surface area contributed by atoms with Gasteiger partial charge in [0.05, 0.1) is 6.61 Å². The van der Waals surface area contributed by atoms with E-state index >= 15 is 0 Å². The monoisotopic (exact) mass is 421 g/mol. The third-order valence-corrected chi connectivity index (χ3v) is 5.08. The van der Waals surface area contributed by atoms with Crippen molar-refractivity contribution in [1.29, 1.82) is 0 Å². The maximum absolute atomic E-state index is 12.4. The SMILES string of the molecule is CCCOc1ccc(/C=C/C(=O)Nc2ccc(NC(=O)N3CCCCCC3)cc2)cc1. The zero-order valence-electron chi connectivity index (χ0n) is 18.1. The van der Waals surface area contributed by atoms with Crippen molar-refractivity contribution >= 4 is 29.4 Å². The van der Waals surface area contributed by atoms with Crippen LogP contribution in [0, 0.1) is 0 Å². The smallest absolute Gasteiger partial charge is 0.321 e. The van der Waals surface area contributed by atoms with Crippen LogP contribution in [0.25, 0.3) is 6.08 Å². The van der Waals surface area contributed by atoms with Gasteiger partial charge >= 0.3 is 6.03 Å². The van der Waals surface area contributed by atoms with Gasteiger partial charge in [-0.05, 0) is 67.3 Å². The van der Waals surface area contributed by atoms with Gasteiger partial charge in [0, 0.05) is 30.5 Å². The first-order valence-corrected chi connectivity index (χ1v) is 11.0. The summed E-state index contributed by atoms with van der Waals surface area (Å²) in [7, 11) is 0. The second-order valence-electron chi connectivity index (χ2n) is 7.65. The molecule has 0 atom stereocenters. The minimum absolute atomic E-state index is 0.0623. The molecule has 1 aliphatic heterocycles. The zero-order valence-corrected chi connectivity index (χ0v) is 18.1. The van der Waals surface area contributed by atoms with E-state index in [1.165, 1.54) is 18.9 Å². The number of carbonyl (C=O) groups is 2. The predicted molar refractivity (Wildman–Crippen MR) is 125 cm³/mol. The highest BCUT2D eigenvalue weighted by molar-refractivity contribution is 6.02. The molecule has 6 heteroatoms. The van der Waals surface area contributed by atoms with E-state index in [1.807, 2.05) is 29.2 Å². The Labute approximate surface area is 184 Å². The summed E-state index contributed by atoms with van der Waals surface area (Å²) >= 11 is 0. The van der Waals surface area contributed by atoms with Crippen LogP contribution >= 0.6 is 0 Å². The van der Waals surface area contributed by atoms with E-state index in [0.29, 0.717) is 18.0 Å². The summed E-state index contributed by atoms with van der Waals surface area (Å²) in [4.78, 5) is 26.5. The van der Waals surface area contributed by atoms with Crippen molar-refractivity contribution in [2.45, 2.75) is 39.0 Å². The number of anilines is 2. The Balaban J connectivity index is 1.48. The van der Waals surface area contributed by atoms with Gasteiger partial charge in [0.1, 0.15) is 5.75 Å². The van der Waals surface area contributed by atoms with Crippen LogP contribution in [-0.2, 0) is 4.79 Å². The molecule has 0 unspecified atom stereocenters. The van der Waals surface area contributed by atoms with Crippen LogP contribution < -0.4 is 15.4 Å². The summed E-state index contributed by atoms with van der Waals surface area (Å²) in [5.74, 6) is 0.610. The average molecular weight is 422 g/mol. The number of nitrogens with one attached hydrogen (secondary N) is 2. The number of hydrogen-bond acceptors (Lipinski definition) is 3. The van der Waals surface area contributed by atoms with Crippen LogP contribution in [0.2, 0.25) is 0 Å². The van der Waals surface area contributed by atoms with E-state index in [-0.39, 0.29) is 11.9 Å². The van der Waals surface area contributed by atoms with Gasteiger partial charge in [-0.25, -0.2) is 4.79 Å². The molecule has 164 valence electrons. The van der Waals surface area contributed by atoms with E-state index in [0.717, 1.165) is 43.7 Å². The van der Waals surface area contributed by atoms with Gasteiger partial charge in [-0.1, -0.05) is 31.9 Å². The molecule has 31 heavy (non-hydrogen) atoms. The van der Waals surface area contributed by atoms with Crippen molar-refractivity contribution < 1.29 is 14.3 Å². The topological polar surface area (TPSA) is 70.7 Å². The number of rotatable bonds is 7. The van der Waals surface area contributed by atoms with E-state index in [2.05, 4.69) is 17.6 Å². The quantitative estimate of drug-likeness (QED) is 0.577. The highest BCUT2D eigenvalue weighted by Crippen LogP contribution is 2.17. The van der Waals surface area contributed by atoms with Crippen molar-refractivity contribution in [2.75, 3.05) is 30.3 Å². The standard InChI is InChI=1S/C25H31N3O3/c1-2-19-31-23-14-7-20(8-15-23)9-16-24(29)26-21-10-12-22(13-11-21)27-25(30)28-17-5-3-4-6-18-28/h7-16H,2-6,17-19H2,1H3,(H,26,29)(H,27,30)/b16-9+. The summed E-state index contributed by atoms with van der Waals surface area (Å²) in [6.45, 7) is 4.37. The minimum Gasteiger partial charge on any atom is -0.494 e. The molecule has 1 fully saturated rings. The normalized spacial score (nSPS) is 14.2. The molecular formula is C25H31N3O3. The first-order valence-electron chi connectivity index (χ1n) is 11.0. The molecule has 3 rings (SSSR count). The Morgan fingerprint density at radius 3 is 2.13 bits per heavy atom. The highest BCUT2D eigenvalue weighted by Gasteiger charge is 2.15. The lowest BCUT2D eigenvalue weighted by Gasteiger charge is -2.20. The van der Waals surface area contributed by atoms with Crippen molar-refractivity contribution in [2.24, 2.45) is 0 Å². The molecule has 1 heterocycles. The minimum atomic E-state index is -0.215. The summed E-state index contributed by atoms with van der Waals surface area (Å²) in [5, 5.41) is 5.76. The lowest BCUT2D eigenvalue weighted by Crippen LogP contribution is -2.35. The molecule has 0 saturated carbocycles. The van der Waals surface area contributed by atoms with Crippen LogP contribution in [0.4, 0.5) is 16.2 Å². The number of amides is 3. The molecule has 0 radical (unpaired) electrons. The Hall–Kier alpha value is -3.28. The summed E-state index contributed by atoms with van der Waals surface area (Å²) < 4.78 is 5.56. The van der Waals surface area contributed by atoms with Gasteiger partial charge in [-0.2, -0.15) is 0 Å². The van der Waals surface area contributed by atoms with Crippen molar-refractivity contribution in [1.82, 2.24) is 4.90 Å². The lowest BCUT2D eigenvalue weighted by atomic mass is 10.2. The van der Waals surface area contributed by atoms with Gasteiger partial charge in [0.25, 0.3) is 0 Å². The maximum Gasteiger partial charge on any atom is 0.321 e. The van der Waals surface area contributed by atoms with Crippen LogP contribution in [-0.4, -0.2) is 36.5 Å². The fourth-order valence-corrected chi connectivity index (χ4v) is 3.36. The van der Waals surface area contributed by atoms with Crippen LogP contribution in [0.5, 0.6) is 5.75 Å². The highest BCUT2D eigenvalue weighted by atomic mass is 16.5. The van der Waals surface area contributed by atoms with Crippen LogP contribution in [0.15, 0.2) is 54.6 Å². The van der Waals surface area contributed by atoms with Gasteiger partial charge < -0.3 is 20.3 Å². The van der Waals surface area contributed by atoms with E-state index in [1.54, 1.807) is 30.3 Å². The zero-order chi connectivity index (χ0) is 21.9. The van der Waals surface area contributed by atoms with Gasteiger partial charge in [-0.3, -0.25) is 4.79 Å². The number of benzene rings is 2. The molecule has 0 spiro atoms. The molecular weight excluding hydrogens is 390 g/mol. The summed E-state index contributed by atoms with van der Waals surface area (Å²) in [5.41, 5.74) is 2.31. The number of ether oxygens (including phenoxy) is 1. The molecule has 0 aliphatic carbocycles. The second kappa shape index (κ2) is 11.8. The Morgan fingerprint density at radius 1 is 0.903 bits per heavy atom. The van der Waals surface area contributed by atoms with Gasteiger partial charge in [-0.15, -0.1) is 0 Å². The number of nitrogens with zero attached hydrogens (tertiary/aromatic N) is 1. The lowest BCUT2D eigenvalue weighted by molar-refractivity contribution is -0.111. The second-order valence-corrected chi connectivity index (χ2v) is 7.65. The van der Waals surface area contributed by atoms with Crippen molar-refractivity contribution in [3.8, 4) is 5.75 Å². The first kappa shape index (κ1) is 22.4. The van der Waals surface area contributed by atoms with E-state index in [4.69, 9.17) is 4.74 Å². The molecule has 0 bridgehead atoms. The van der Waals surface area contributed by atoms with Gasteiger partial charge in [0.2, 0.25) is 5.91 Å². The van der Waals surface area contributed by atoms with Crippen molar-refractivity contribution in [3.63, 3.8) is 0 Å². The number of carbonyl (C=O) groups excluding carboxylic acids is 2. The first-order chi connectivity index (χ1) is 15.1. The summed E-state index contributed by atoms with van der Waals surface area (Å²) in [6.07, 6.45) is 8.71. The summed E-state index contributed by atoms with van der Waals surface area (Å²) in [6, 6.07) is 14.7. The fraction of sp³-hybridized carbons (Fsp3) is 0.360. The Kier molecular flexibility index (Phi) is 8.52. The van der Waals surface area contributed by atoms with Crippen LogP contribution in [0.3, 0.4) is 0 Å². The predicted octanol–water partition coefficient (Wildman–Crippen LogP) is 5.54. The molecule has 2 aromatic rings. The number of likely N-dealkylation sites (tertiary alicyclic amines) is 1.